The van der Waals surface area contributed by atoms with E-state index < -0.39 is 47.9 Å². The normalized spacial score (nSPS) is 18.6. The molecule has 11 nitrogen and oxygen atoms in total. The van der Waals surface area contributed by atoms with Gasteiger partial charge in [-0.2, -0.15) is 18.2 Å². The number of carboxylic acid groups (broad SMARTS) is 1. The molecule has 2 aliphatic rings. The first-order valence-electron chi connectivity index (χ1n) is 17.2. The number of carbonyl (C=O) groups excluding carboxylic acids is 2. The number of allylic oxidation sites excluding steroid dienone is 1. The van der Waals surface area contributed by atoms with Crippen molar-refractivity contribution in [2.24, 2.45) is 0 Å². The average Bonchev–Trinajstić information content (AvgIpc) is 3.86. The number of nitrogens with one attached hydrogen (secondary N) is 1. The van der Waals surface area contributed by atoms with Gasteiger partial charge in [0.2, 0.25) is 11.5 Å². The fraction of sp³-hybridized carbons (Fsp3) is 0.432. The fourth-order valence-electron chi connectivity index (χ4n) is 6.71. The Hall–Kier alpha value is -5.14. The van der Waals surface area contributed by atoms with Crippen LogP contribution >= 0.6 is 0 Å². The molecule has 0 radical (unpaired) electrons. The van der Waals surface area contributed by atoms with Gasteiger partial charge in [-0.05, 0) is 69.2 Å². The Morgan fingerprint density at radius 3 is 2.49 bits per heavy atom. The van der Waals surface area contributed by atoms with Gasteiger partial charge < -0.3 is 29.2 Å². The minimum Gasteiger partial charge on any atom is -0.480 e. The zero-order valence-electron chi connectivity index (χ0n) is 27.9. The molecule has 2 aromatic carbocycles. The highest BCUT2D eigenvalue weighted by atomic mass is 19.4. The van der Waals surface area contributed by atoms with Gasteiger partial charge in [-0.15, -0.1) is 6.58 Å². The lowest BCUT2D eigenvalue weighted by Crippen LogP contribution is -2.52. The Kier molecular flexibility index (Phi) is 10.8. The highest BCUT2D eigenvalue weighted by molar-refractivity contribution is 6.04. The van der Waals surface area contributed by atoms with Crippen molar-refractivity contribution >= 4 is 40.0 Å². The molecule has 1 aliphatic carbocycles. The molecule has 1 aliphatic heterocycles. The summed E-state index contributed by atoms with van der Waals surface area (Å²) in [6.45, 7) is 3.59. The Bertz CT molecular complexity index is 1890. The first-order valence-corrected chi connectivity index (χ1v) is 17.2. The van der Waals surface area contributed by atoms with E-state index in [9.17, 15) is 32.7 Å². The van der Waals surface area contributed by atoms with E-state index >= 15 is 0 Å². The van der Waals surface area contributed by atoms with Gasteiger partial charge in [0.1, 0.15) is 35.4 Å². The van der Waals surface area contributed by atoms with Crippen LogP contribution in [0.15, 0.2) is 65.6 Å². The van der Waals surface area contributed by atoms with E-state index in [4.69, 9.17) is 13.9 Å². The van der Waals surface area contributed by atoms with E-state index in [1.807, 2.05) is 6.08 Å². The van der Waals surface area contributed by atoms with Gasteiger partial charge in [-0.25, -0.2) is 14.6 Å². The number of hydrogen-bond acceptors (Lipinski definition) is 8. The van der Waals surface area contributed by atoms with Gasteiger partial charge >= 0.3 is 18.2 Å². The molecule has 1 saturated carbocycles. The number of furan rings is 1. The Labute approximate surface area is 291 Å². The number of carboxylic acids is 1. The number of halogens is 3. The molecular weight excluding hydrogens is 669 g/mol. The minimum absolute atomic E-state index is 0.0495. The summed E-state index contributed by atoms with van der Waals surface area (Å²) in [5.41, 5.74) is 0.446. The maximum atomic E-state index is 14.0. The van der Waals surface area contributed by atoms with Crippen molar-refractivity contribution in [2.45, 2.75) is 94.7 Å². The van der Waals surface area contributed by atoms with E-state index in [0.29, 0.717) is 22.9 Å². The van der Waals surface area contributed by atoms with Crippen molar-refractivity contribution in [1.29, 1.82) is 0 Å². The number of rotatable bonds is 13. The zero-order chi connectivity index (χ0) is 36.1. The van der Waals surface area contributed by atoms with Crippen LogP contribution in [0.25, 0.3) is 33.5 Å². The summed E-state index contributed by atoms with van der Waals surface area (Å²) in [5.74, 6) is -1.79. The van der Waals surface area contributed by atoms with E-state index in [1.165, 1.54) is 17.0 Å². The molecule has 4 aromatic rings. The summed E-state index contributed by atoms with van der Waals surface area (Å²) < 4.78 is 57.7. The van der Waals surface area contributed by atoms with Crippen LogP contribution in [0.3, 0.4) is 0 Å². The molecule has 1 saturated heterocycles. The van der Waals surface area contributed by atoms with Crippen molar-refractivity contribution in [3.63, 3.8) is 0 Å². The monoisotopic (exact) mass is 708 g/mol. The highest BCUT2D eigenvalue weighted by Crippen LogP contribution is 2.37. The number of carbonyl (C=O) groups is 3. The van der Waals surface area contributed by atoms with E-state index in [0.717, 1.165) is 57.1 Å². The van der Waals surface area contributed by atoms with Crippen LogP contribution in [0.2, 0.25) is 0 Å². The van der Waals surface area contributed by atoms with Crippen LogP contribution in [-0.4, -0.2) is 68.8 Å². The lowest BCUT2D eigenvalue weighted by atomic mass is 10.1. The molecule has 0 bridgehead atoms. The van der Waals surface area contributed by atoms with Crippen molar-refractivity contribution < 1.29 is 46.6 Å². The average molecular weight is 709 g/mol. The lowest BCUT2D eigenvalue weighted by molar-refractivity contribution is -0.149. The number of para-hydroxylation sites is 1. The van der Waals surface area contributed by atoms with Crippen molar-refractivity contribution in [1.82, 2.24) is 20.2 Å². The van der Waals surface area contributed by atoms with Gasteiger partial charge in [0.05, 0.1) is 12.1 Å². The van der Waals surface area contributed by atoms with E-state index in [-0.39, 0.29) is 48.3 Å². The molecule has 2 fully saturated rings. The summed E-state index contributed by atoms with van der Waals surface area (Å²) in [6.07, 6.45) is 2.15. The molecular formula is C37H39F3N4O7. The minimum atomic E-state index is -4.53. The predicted octanol–water partition coefficient (Wildman–Crippen LogP) is 7.67. The van der Waals surface area contributed by atoms with Gasteiger partial charge in [0.15, 0.2) is 5.82 Å². The Morgan fingerprint density at radius 1 is 1.04 bits per heavy atom. The van der Waals surface area contributed by atoms with Crippen LogP contribution in [0.4, 0.5) is 18.0 Å². The van der Waals surface area contributed by atoms with Crippen LogP contribution in [0.1, 0.15) is 69.8 Å². The van der Waals surface area contributed by atoms with Crippen LogP contribution in [0.5, 0.6) is 5.88 Å². The summed E-state index contributed by atoms with van der Waals surface area (Å²) >= 11 is 0. The second-order valence-electron chi connectivity index (χ2n) is 13.0. The molecule has 14 heteroatoms. The maximum absolute atomic E-state index is 14.0. The number of hydrogen-bond donors (Lipinski definition) is 2. The van der Waals surface area contributed by atoms with Crippen LogP contribution in [-0.2, 0) is 20.5 Å². The summed E-state index contributed by atoms with van der Waals surface area (Å²) in [6, 6.07) is 9.14. The van der Waals surface area contributed by atoms with E-state index in [2.05, 4.69) is 21.9 Å². The molecule has 0 spiro atoms. The molecule has 2 N–H and O–H groups in total. The largest absolute Gasteiger partial charge is 0.480 e. The third-order valence-corrected chi connectivity index (χ3v) is 9.34. The second kappa shape index (κ2) is 15.4. The quantitative estimate of drug-likeness (QED) is 0.106. The SMILES string of the molecule is C=CCCCCC[C@H](NC(=O)OC1CCCC1)C(=O)N1CC(Oc2nc(-c3ccc(C(F)(F)F)cc3)nc3c2oc2ccccc23)C[C@H]1C(=O)O. The standard InChI is InChI=1S/C37H39F3N4O7/c1-2-3-4-5-6-14-27(41-36(48)50-24-11-7-8-12-24)34(45)44-21-25(20-28(44)35(46)47)49-33-31-30(26-13-9-10-15-29(26)51-31)42-32(43-33)22-16-18-23(19-17-22)37(38,39)40/h2,9-10,13,15-19,24-25,27-28H,1,3-8,11-12,14,20-21H2,(H,41,48)(H,46,47)/t25?,27-,28-/m0/s1. The van der Waals surface area contributed by atoms with E-state index in [1.54, 1.807) is 24.3 Å². The number of ether oxygens (including phenoxy) is 2. The predicted molar refractivity (Wildman–Crippen MR) is 181 cm³/mol. The van der Waals surface area contributed by atoms with Crippen LogP contribution < -0.4 is 10.1 Å². The van der Waals surface area contributed by atoms with Gasteiger partial charge in [0.25, 0.3) is 5.88 Å². The smallest absolute Gasteiger partial charge is 0.416 e. The summed E-state index contributed by atoms with van der Waals surface area (Å²) in [7, 11) is 0. The Balaban J connectivity index is 1.26. The van der Waals surface area contributed by atoms with Crippen LogP contribution in [0, 0.1) is 0 Å². The maximum Gasteiger partial charge on any atom is 0.416 e. The molecule has 270 valence electrons. The summed E-state index contributed by atoms with van der Waals surface area (Å²) in [5, 5.41) is 13.5. The highest BCUT2D eigenvalue weighted by Gasteiger charge is 2.44. The molecule has 2 amide bonds. The number of likely N-dealkylation sites (tertiary alicyclic amines) is 1. The van der Waals surface area contributed by atoms with Gasteiger partial charge in [-0.1, -0.05) is 43.2 Å². The van der Waals surface area contributed by atoms with Gasteiger partial charge in [0, 0.05) is 17.4 Å². The Morgan fingerprint density at radius 2 is 1.78 bits per heavy atom. The topological polar surface area (TPSA) is 144 Å². The number of alkyl carbamates (subject to hydrolysis) is 1. The molecule has 3 atom stereocenters. The lowest BCUT2D eigenvalue weighted by Gasteiger charge is -2.27. The first kappa shape index (κ1) is 35.7. The number of fused-ring (bicyclic) bond motifs is 3. The molecule has 6 rings (SSSR count). The zero-order valence-corrected chi connectivity index (χ0v) is 27.9. The molecule has 51 heavy (non-hydrogen) atoms. The molecule has 2 aromatic heterocycles. The first-order chi connectivity index (χ1) is 24.5. The number of nitrogens with zero attached hydrogens (tertiary/aromatic N) is 3. The molecule has 1 unspecified atom stereocenters. The molecule has 3 heterocycles. The van der Waals surface area contributed by atoms with Gasteiger partial charge in [-0.3, -0.25) is 4.79 Å². The number of amides is 2. The summed E-state index contributed by atoms with van der Waals surface area (Å²) in [4.78, 5) is 49.7. The number of unbranched alkanes of at least 4 members (excludes halogenated alkanes) is 3. The number of aliphatic carboxylic acids is 1. The second-order valence-corrected chi connectivity index (χ2v) is 13.0. The fourth-order valence-corrected chi connectivity index (χ4v) is 6.71. The van der Waals surface area contributed by atoms with Crippen molar-refractivity contribution in [3.05, 3.63) is 66.7 Å². The third-order valence-electron chi connectivity index (χ3n) is 9.34. The third kappa shape index (κ3) is 8.26. The number of aromatic nitrogens is 2. The van der Waals surface area contributed by atoms with Crippen molar-refractivity contribution in [3.8, 4) is 17.3 Å². The number of benzene rings is 2. The number of alkyl halides is 3. The van der Waals surface area contributed by atoms with Crippen molar-refractivity contribution in [2.75, 3.05) is 6.54 Å².